The minimum Gasteiger partial charge on any atom is -0.480 e. The van der Waals surface area contributed by atoms with Gasteiger partial charge in [0.25, 0.3) is 0 Å². The lowest BCUT2D eigenvalue weighted by Gasteiger charge is -2.15. The molecule has 0 aliphatic carbocycles. The predicted octanol–water partition coefficient (Wildman–Crippen LogP) is 2.10. The second-order valence-corrected chi connectivity index (χ2v) is 3.97. The number of carboxylic acid groups (broad SMARTS) is 1. The van der Waals surface area contributed by atoms with Crippen LogP contribution in [0, 0.1) is 5.82 Å². The molecule has 16 heavy (non-hydrogen) atoms. The van der Waals surface area contributed by atoms with Crippen molar-refractivity contribution in [3.8, 4) is 0 Å². The van der Waals surface area contributed by atoms with Crippen molar-refractivity contribution in [2.45, 2.75) is 6.04 Å². The SMILES string of the molecule is COCC(Nc1cc(F)ccc1Br)C(=O)O. The van der Waals surface area contributed by atoms with Crippen LogP contribution in [0.15, 0.2) is 22.7 Å². The molecule has 0 heterocycles. The van der Waals surface area contributed by atoms with Gasteiger partial charge in [-0.15, -0.1) is 0 Å². The van der Waals surface area contributed by atoms with Gasteiger partial charge in [0.15, 0.2) is 0 Å². The maximum absolute atomic E-state index is 12.9. The second-order valence-electron chi connectivity index (χ2n) is 3.11. The number of hydrogen-bond donors (Lipinski definition) is 2. The molecule has 1 atom stereocenters. The fraction of sp³-hybridized carbons (Fsp3) is 0.300. The topological polar surface area (TPSA) is 58.6 Å². The lowest BCUT2D eigenvalue weighted by molar-refractivity contribution is -0.139. The summed E-state index contributed by atoms with van der Waals surface area (Å²) in [6, 6.07) is 3.09. The van der Waals surface area contributed by atoms with Gasteiger partial charge in [-0.3, -0.25) is 0 Å². The highest BCUT2D eigenvalue weighted by atomic mass is 79.9. The van der Waals surface area contributed by atoms with E-state index in [2.05, 4.69) is 21.2 Å². The van der Waals surface area contributed by atoms with Crippen LogP contribution in [-0.2, 0) is 9.53 Å². The highest BCUT2D eigenvalue weighted by Crippen LogP contribution is 2.23. The molecule has 0 aromatic heterocycles. The quantitative estimate of drug-likeness (QED) is 0.872. The third kappa shape index (κ3) is 3.46. The van der Waals surface area contributed by atoms with E-state index >= 15 is 0 Å². The van der Waals surface area contributed by atoms with E-state index in [1.54, 1.807) is 0 Å². The summed E-state index contributed by atoms with van der Waals surface area (Å²) in [6.07, 6.45) is 0. The van der Waals surface area contributed by atoms with Gasteiger partial charge in [-0.05, 0) is 34.1 Å². The van der Waals surface area contributed by atoms with Crippen LogP contribution < -0.4 is 5.32 Å². The molecular weight excluding hydrogens is 281 g/mol. The van der Waals surface area contributed by atoms with Crippen molar-refractivity contribution >= 4 is 27.6 Å². The Bertz CT molecular complexity index is 386. The smallest absolute Gasteiger partial charge is 0.328 e. The van der Waals surface area contributed by atoms with E-state index in [4.69, 9.17) is 9.84 Å². The summed E-state index contributed by atoms with van der Waals surface area (Å²) in [6.45, 7) is -0.00170. The Morgan fingerprint density at radius 1 is 1.69 bits per heavy atom. The van der Waals surface area contributed by atoms with Crippen LogP contribution in [0.2, 0.25) is 0 Å². The minimum atomic E-state index is -1.06. The van der Waals surface area contributed by atoms with Gasteiger partial charge in [-0.2, -0.15) is 0 Å². The molecule has 0 fully saturated rings. The van der Waals surface area contributed by atoms with E-state index in [9.17, 15) is 9.18 Å². The van der Waals surface area contributed by atoms with Crippen molar-refractivity contribution in [2.75, 3.05) is 19.0 Å². The largest absolute Gasteiger partial charge is 0.480 e. The van der Waals surface area contributed by atoms with Gasteiger partial charge >= 0.3 is 5.97 Å². The number of anilines is 1. The van der Waals surface area contributed by atoms with Gasteiger partial charge in [0.05, 0.1) is 12.3 Å². The summed E-state index contributed by atoms with van der Waals surface area (Å²) >= 11 is 3.20. The van der Waals surface area contributed by atoms with Crippen molar-refractivity contribution < 1.29 is 19.0 Å². The maximum Gasteiger partial charge on any atom is 0.328 e. The molecule has 1 aromatic carbocycles. The molecule has 0 aliphatic heterocycles. The third-order valence-corrected chi connectivity index (χ3v) is 2.58. The van der Waals surface area contributed by atoms with Crippen molar-refractivity contribution in [1.29, 1.82) is 0 Å². The molecule has 1 rings (SSSR count). The lowest BCUT2D eigenvalue weighted by Crippen LogP contribution is -2.33. The first-order valence-corrected chi connectivity index (χ1v) is 5.27. The molecule has 0 aliphatic rings. The van der Waals surface area contributed by atoms with Crippen LogP contribution in [0.5, 0.6) is 0 Å². The van der Waals surface area contributed by atoms with Crippen LogP contribution in [0.3, 0.4) is 0 Å². The number of methoxy groups -OCH3 is 1. The second kappa shape index (κ2) is 5.81. The van der Waals surface area contributed by atoms with E-state index in [1.165, 1.54) is 25.3 Å². The van der Waals surface area contributed by atoms with Gasteiger partial charge < -0.3 is 15.2 Å². The Hall–Kier alpha value is -1.14. The highest BCUT2D eigenvalue weighted by molar-refractivity contribution is 9.10. The van der Waals surface area contributed by atoms with E-state index < -0.39 is 17.8 Å². The zero-order chi connectivity index (χ0) is 12.1. The summed E-state index contributed by atoms with van der Waals surface area (Å²) in [5.74, 6) is -1.50. The van der Waals surface area contributed by atoms with Gasteiger partial charge in [0.1, 0.15) is 11.9 Å². The zero-order valence-electron chi connectivity index (χ0n) is 8.54. The zero-order valence-corrected chi connectivity index (χ0v) is 10.1. The first kappa shape index (κ1) is 12.9. The highest BCUT2D eigenvalue weighted by Gasteiger charge is 2.18. The molecule has 1 unspecified atom stereocenters. The summed E-state index contributed by atoms with van der Waals surface area (Å²) in [7, 11) is 1.40. The summed E-state index contributed by atoms with van der Waals surface area (Å²) in [4.78, 5) is 10.8. The average Bonchev–Trinajstić information content (AvgIpc) is 2.22. The first-order valence-electron chi connectivity index (χ1n) is 4.48. The molecule has 2 N–H and O–H groups in total. The lowest BCUT2D eigenvalue weighted by atomic mass is 10.2. The van der Waals surface area contributed by atoms with Crippen LogP contribution in [0.25, 0.3) is 0 Å². The standard InChI is InChI=1S/C10H11BrFNO3/c1-16-5-9(10(14)15)13-8-4-6(12)2-3-7(8)11/h2-4,9,13H,5H2,1H3,(H,14,15). The van der Waals surface area contributed by atoms with E-state index in [0.29, 0.717) is 10.2 Å². The first-order chi connectivity index (χ1) is 7.54. The average molecular weight is 292 g/mol. The number of halogens is 2. The fourth-order valence-electron chi connectivity index (χ4n) is 1.14. The number of aliphatic carboxylic acids is 1. The van der Waals surface area contributed by atoms with Crippen LogP contribution in [0.4, 0.5) is 10.1 Å². The number of benzene rings is 1. The molecule has 0 saturated carbocycles. The van der Waals surface area contributed by atoms with Crippen LogP contribution in [0.1, 0.15) is 0 Å². The molecule has 0 bridgehead atoms. The Labute approximate surface area is 101 Å². The van der Waals surface area contributed by atoms with E-state index in [0.717, 1.165) is 0 Å². The molecule has 4 nitrogen and oxygen atoms in total. The van der Waals surface area contributed by atoms with Crippen molar-refractivity contribution in [1.82, 2.24) is 0 Å². The summed E-state index contributed by atoms with van der Waals surface area (Å²) in [5, 5.41) is 11.6. The molecule has 0 saturated heterocycles. The molecule has 88 valence electrons. The Balaban J connectivity index is 2.84. The van der Waals surface area contributed by atoms with Gasteiger partial charge in [0.2, 0.25) is 0 Å². The molecule has 0 amide bonds. The fourth-order valence-corrected chi connectivity index (χ4v) is 1.50. The number of ether oxygens (including phenoxy) is 1. The van der Waals surface area contributed by atoms with E-state index in [1.807, 2.05) is 0 Å². The maximum atomic E-state index is 12.9. The van der Waals surface area contributed by atoms with Crippen molar-refractivity contribution in [3.05, 3.63) is 28.5 Å². The minimum absolute atomic E-state index is 0.00170. The van der Waals surface area contributed by atoms with Crippen molar-refractivity contribution in [3.63, 3.8) is 0 Å². The van der Waals surface area contributed by atoms with Gasteiger partial charge in [-0.25, -0.2) is 9.18 Å². The Kier molecular flexibility index (Phi) is 4.70. The number of carboxylic acids is 1. The normalized spacial score (nSPS) is 12.2. The summed E-state index contributed by atoms with van der Waals surface area (Å²) < 4.78 is 18.3. The van der Waals surface area contributed by atoms with E-state index in [-0.39, 0.29) is 6.61 Å². The molecular formula is C10H11BrFNO3. The molecule has 0 spiro atoms. The summed E-state index contributed by atoms with van der Waals surface area (Å²) in [5.41, 5.74) is 0.379. The number of nitrogens with one attached hydrogen (secondary N) is 1. The third-order valence-electron chi connectivity index (χ3n) is 1.89. The molecule has 6 heteroatoms. The van der Waals surface area contributed by atoms with Gasteiger partial charge in [0, 0.05) is 11.6 Å². The Morgan fingerprint density at radius 3 is 2.94 bits per heavy atom. The van der Waals surface area contributed by atoms with Gasteiger partial charge in [-0.1, -0.05) is 0 Å². The van der Waals surface area contributed by atoms with Crippen molar-refractivity contribution in [2.24, 2.45) is 0 Å². The number of rotatable bonds is 5. The van der Waals surface area contributed by atoms with Crippen LogP contribution in [-0.4, -0.2) is 30.8 Å². The number of hydrogen-bond acceptors (Lipinski definition) is 3. The monoisotopic (exact) mass is 291 g/mol. The predicted molar refractivity (Wildman–Crippen MR) is 61.0 cm³/mol. The molecule has 1 aromatic rings. The Morgan fingerprint density at radius 2 is 2.38 bits per heavy atom. The number of carbonyl (C=O) groups is 1. The van der Waals surface area contributed by atoms with Crippen LogP contribution >= 0.6 is 15.9 Å². The molecule has 0 radical (unpaired) electrons.